The Morgan fingerprint density at radius 3 is 2.33 bits per heavy atom. The molecule has 5 heteroatoms. The lowest BCUT2D eigenvalue weighted by atomic mass is 9.99. The molecule has 0 saturated heterocycles. The molecule has 0 aliphatic carbocycles. The monoisotopic (exact) mass is 291 g/mol. The maximum atomic E-state index is 13.1. The number of anilines is 1. The molecule has 3 nitrogen and oxygen atoms in total. The molecule has 0 heterocycles. The summed E-state index contributed by atoms with van der Waals surface area (Å²) in [6.07, 6.45) is 0. The Kier molecular flexibility index (Phi) is 4.87. The van der Waals surface area contributed by atoms with Gasteiger partial charge >= 0.3 is 5.97 Å². The SMILES string of the molecule is COC(=O)C(CNc1cc(F)cc(F)c1)c1ccccc1. The molecular formula is C16H15F2NO2. The maximum Gasteiger partial charge on any atom is 0.314 e. The van der Waals surface area contributed by atoms with E-state index in [1.165, 1.54) is 19.2 Å². The quantitative estimate of drug-likeness (QED) is 0.859. The van der Waals surface area contributed by atoms with Crippen molar-refractivity contribution in [3.63, 3.8) is 0 Å². The first-order chi connectivity index (χ1) is 10.1. The van der Waals surface area contributed by atoms with Crippen molar-refractivity contribution < 1.29 is 18.3 Å². The molecule has 2 rings (SSSR count). The molecule has 2 aromatic carbocycles. The van der Waals surface area contributed by atoms with E-state index >= 15 is 0 Å². The van der Waals surface area contributed by atoms with Gasteiger partial charge in [0, 0.05) is 18.3 Å². The molecule has 0 fully saturated rings. The van der Waals surface area contributed by atoms with Gasteiger partial charge in [0.1, 0.15) is 11.6 Å². The summed E-state index contributed by atoms with van der Waals surface area (Å²) < 4.78 is 31.0. The van der Waals surface area contributed by atoms with Crippen molar-refractivity contribution in [1.82, 2.24) is 0 Å². The number of carbonyl (C=O) groups excluding carboxylic acids is 1. The van der Waals surface area contributed by atoms with E-state index in [-0.39, 0.29) is 12.2 Å². The number of methoxy groups -OCH3 is 1. The van der Waals surface area contributed by atoms with Crippen molar-refractivity contribution in [2.75, 3.05) is 19.0 Å². The lowest BCUT2D eigenvalue weighted by Gasteiger charge is -2.16. The fourth-order valence-corrected chi connectivity index (χ4v) is 2.04. The third-order valence-corrected chi connectivity index (χ3v) is 3.06. The van der Waals surface area contributed by atoms with Gasteiger partial charge < -0.3 is 10.1 Å². The van der Waals surface area contributed by atoms with Crippen molar-refractivity contribution in [2.45, 2.75) is 5.92 Å². The fourth-order valence-electron chi connectivity index (χ4n) is 2.04. The van der Waals surface area contributed by atoms with Crippen molar-refractivity contribution in [3.05, 3.63) is 65.7 Å². The van der Waals surface area contributed by atoms with Gasteiger partial charge in [-0.05, 0) is 17.7 Å². The highest BCUT2D eigenvalue weighted by molar-refractivity contribution is 5.78. The van der Waals surface area contributed by atoms with Gasteiger partial charge in [-0.25, -0.2) is 8.78 Å². The molecule has 2 aromatic rings. The summed E-state index contributed by atoms with van der Waals surface area (Å²) in [5, 5.41) is 2.86. The average molecular weight is 291 g/mol. The smallest absolute Gasteiger partial charge is 0.314 e. The first-order valence-electron chi connectivity index (χ1n) is 6.43. The molecule has 1 N–H and O–H groups in total. The van der Waals surface area contributed by atoms with Crippen molar-refractivity contribution in [3.8, 4) is 0 Å². The highest BCUT2D eigenvalue weighted by Crippen LogP contribution is 2.19. The standard InChI is InChI=1S/C16H15F2NO2/c1-21-16(20)15(11-5-3-2-4-6-11)10-19-14-8-12(17)7-13(18)9-14/h2-9,15,19H,10H2,1H3. The molecule has 0 amide bonds. The van der Waals surface area contributed by atoms with E-state index in [0.29, 0.717) is 0 Å². The van der Waals surface area contributed by atoms with Crippen LogP contribution in [0.25, 0.3) is 0 Å². The summed E-state index contributed by atoms with van der Waals surface area (Å²) in [5.41, 5.74) is 1.05. The van der Waals surface area contributed by atoms with Gasteiger partial charge in [0.05, 0.1) is 13.0 Å². The molecule has 0 radical (unpaired) electrons. The van der Waals surface area contributed by atoms with Crippen molar-refractivity contribution in [2.24, 2.45) is 0 Å². The molecule has 1 atom stereocenters. The third kappa shape index (κ3) is 4.02. The number of ether oxygens (including phenoxy) is 1. The zero-order valence-corrected chi connectivity index (χ0v) is 11.5. The van der Waals surface area contributed by atoms with Gasteiger partial charge in [0.25, 0.3) is 0 Å². The molecule has 0 aromatic heterocycles. The third-order valence-electron chi connectivity index (χ3n) is 3.06. The van der Waals surface area contributed by atoms with Crippen LogP contribution in [0.1, 0.15) is 11.5 Å². The number of carbonyl (C=O) groups is 1. The van der Waals surface area contributed by atoms with Crippen LogP contribution in [0.2, 0.25) is 0 Å². The van der Waals surface area contributed by atoms with E-state index in [2.05, 4.69) is 5.32 Å². The second-order valence-corrected chi connectivity index (χ2v) is 4.53. The molecule has 0 spiro atoms. The minimum atomic E-state index is -0.674. The zero-order valence-electron chi connectivity index (χ0n) is 11.5. The Morgan fingerprint density at radius 2 is 1.76 bits per heavy atom. The Labute approximate surface area is 121 Å². The van der Waals surface area contributed by atoms with Crippen LogP contribution in [0, 0.1) is 11.6 Å². The zero-order chi connectivity index (χ0) is 15.2. The molecule has 0 saturated carbocycles. The second kappa shape index (κ2) is 6.83. The van der Waals surface area contributed by atoms with E-state index in [1.807, 2.05) is 18.2 Å². The highest BCUT2D eigenvalue weighted by Gasteiger charge is 2.21. The predicted molar refractivity (Wildman–Crippen MR) is 76.0 cm³/mol. The number of halogens is 2. The van der Waals surface area contributed by atoms with Gasteiger partial charge in [0.15, 0.2) is 0 Å². The normalized spacial score (nSPS) is 11.8. The second-order valence-electron chi connectivity index (χ2n) is 4.53. The number of benzene rings is 2. The lowest BCUT2D eigenvalue weighted by Crippen LogP contribution is -2.22. The minimum absolute atomic E-state index is 0.180. The fraction of sp³-hybridized carbons (Fsp3) is 0.188. The van der Waals surface area contributed by atoms with Gasteiger partial charge in [0.2, 0.25) is 0 Å². The summed E-state index contributed by atoms with van der Waals surface area (Å²) in [6, 6.07) is 12.2. The largest absolute Gasteiger partial charge is 0.468 e. The first kappa shape index (κ1) is 15.0. The van der Waals surface area contributed by atoms with Crippen LogP contribution < -0.4 is 5.32 Å². The number of hydrogen-bond donors (Lipinski definition) is 1. The molecule has 0 bridgehead atoms. The van der Waals surface area contributed by atoms with E-state index in [0.717, 1.165) is 11.6 Å². The lowest BCUT2D eigenvalue weighted by molar-refractivity contribution is -0.142. The van der Waals surface area contributed by atoms with Crippen molar-refractivity contribution >= 4 is 11.7 Å². The van der Waals surface area contributed by atoms with Gasteiger partial charge in [-0.1, -0.05) is 30.3 Å². The van der Waals surface area contributed by atoms with E-state index in [9.17, 15) is 13.6 Å². The topological polar surface area (TPSA) is 38.3 Å². The molecule has 0 aliphatic heterocycles. The van der Waals surface area contributed by atoms with Gasteiger partial charge in [-0.15, -0.1) is 0 Å². The van der Waals surface area contributed by atoms with Crippen LogP contribution in [0.3, 0.4) is 0 Å². The highest BCUT2D eigenvalue weighted by atomic mass is 19.1. The molecule has 1 unspecified atom stereocenters. The molecular weight excluding hydrogens is 276 g/mol. The summed E-state index contributed by atoms with van der Waals surface area (Å²) in [4.78, 5) is 11.9. The van der Waals surface area contributed by atoms with E-state index in [4.69, 9.17) is 4.74 Å². The minimum Gasteiger partial charge on any atom is -0.468 e. The van der Waals surface area contributed by atoms with Crippen LogP contribution in [-0.4, -0.2) is 19.6 Å². The number of hydrogen-bond acceptors (Lipinski definition) is 3. The molecule has 110 valence electrons. The summed E-state index contributed by atoms with van der Waals surface area (Å²) in [7, 11) is 1.31. The van der Waals surface area contributed by atoms with Crippen LogP contribution in [0.5, 0.6) is 0 Å². The van der Waals surface area contributed by atoms with Crippen molar-refractivity contribution in [1.29, 1.82) is 0 Å². The van der Waals surface area contributed by atoms with Crippen LogP contribution in [0.4, 0.5) is 14.5 Å². The Morgan fingerprint density at radius 1 is 1.14 bits per heavy atom. The van der Waals surface area contributed by atoms with Gasteiger partial charge in [-0.2, -0.15) is 0 Å². The van der Waals surface area contributed by atoms with Crippen LogP contribution in [0.15, 0.2) is 48.5 Å². The predicted octanol–water partition coefficient (Wildman–Crippen LogP) is 3.33. The van der Waals surface area contributed by atoms with E-state index in [1.54, 1.807) is 12.1 Å². The Bertz CT molecular complexity index is 597. The maximum absolute atomic E-state index is 13.1. The summed E-state index contributed by atoms with van der Waals surface area (Å²) in [5.74, 6) is -2.31. The number of rotatable bonds is 5. The van der Waals surface area contributed by atoms with Gasteiger partial charge in [-0.3, -0.25) is 4.79 Å². The van der Waals surface area contributed by atoms with Crippen LogP contribution >= 0.6 is 0 Å². The molecule has 0 aliphatic rings. The first-order valence-corrected chi connectivity index (χ1v) is 6.43. The summed E-state index contributed by atoms with van der Waals surface area (Å²) >= 11 is 0. The summed E-state index contributed by atoms with van der Waals surface area (Å²) in [6.45, 7) is 0.180. The number of nitrogens with one attached hydrogen (secondary N) is 1. The molecule has 21 heavy (non-hydrogen) atoms. The number of esters is 1. The Balaban J connectivity index is 2.14. The van der Waals surface area contributed by atoms with E-state index < -0.39 is 23.5 Å². The average Bonchev–Trinajstić information content (AvgIpc) is 2.47. The van der Waals surface area contributed by atoms with Crippen LogP contribution in [-0.2, 0) is 9.53 Å². The Hall–Kier alpha value is -2.43.